The molecular formula is C12H25IN4O. The molecule has 5 nitrogen and oxygen atoms in total. The van der Waals surface area contributed by atoms with Crippen molar-refractivity contribution < 1.29 is 4.74 Å². The van der Waals surface area contributed by atoms with Crippen molar-refractivity contribution in [1.82, 2.24) is 15.1 Å². The lowest BCUT2D eigenvalue weighted by atomic mass is 10.0. The first-order valence-electron chi connectivity index (χ1n) is 6.42. The molecule has 1 fully saturated rings. The van der Waals surface area contributed by atoms with Gasteiger partial charge in [0.1, 0.15) is 0 Å². The maximum Gasteiger partial charge on any atom is 0.193 e. The van der Waals surface area contributed by atoms with Crippen molar-refractivity contribution in [2.45, 2.75) is 19.4 Å². The van der Waals surface area contributed by atoms with Crippen molar-refractivity contribution in [3.63, 3.8) is 0 Å². The van der Waals surface area contributed by atoms with Crippen LogP contribution in [0.5, 0.6) is 0 Å². The SMILES string of the molecule is CN1CCN=C1NCCN1CCOCC1(C)C.I. The van der Waals surface area contributed by atoms with Crippen molar-refractivity contribution in [2.24, 2.45) is 4.99 Å². The van der Waals surface area contributed by atoms with Crippen LogP contribution in [-0.4, -0.2) is 74.3 Å². The number of rotatable bonds is 3. The normalized spacial score (nSPS) is 23.5. The van der Waals surface area contributed by atoms with Gasteiger partial charge in [-0.25, -0.2) is 0 Å². The molecular weight excluding hydrogens is 343 g/mol. The molecule has 0 aromatic rings. The summed E-state index contributed by atoms with van der Waals surface area (Å²) in [4.78, 5) is 9.08. The van der Waals surface area contributed by atoms with Crippen molar-refractivity contribution >= 4 is 29.9 Å². The summed E-state index contributed by atoms with van der Waals surface area (Å²) in [5, 5.41) is 3.41. The molecule has 1 saturated heterocycles. The molecule has 0 unspecified atom stereocenters. The molecule has 0 saturated carbocycles. The van der Waals surface area contributed by atoms with Crippen LogP contribution in [0.25, 0.3) is 0 Å². The van der Waals surface area contributed by atoms with Gasteiger partial charge >= 0.3 is 0 Å². The van der Waals surface area contributed by atoms with E-state index < -0.39 is 0 Å². The third-order valence-electron chi connectivity index (χ3n) is 3.54. The summed E-state index contributed by atoms with van der Waals surface area (Å²) in [5.74, 6) is 1.04. The fourth-order valence-electron chi connectivity index (χ4n) is 2.33. The summed E-state index contributed by atoms with van der Waals surface area (Å²) in [7, 11) is 2.08. The van der Waals surface area contributed by atoms with Gasteiger partial charge in [-0.3, -0.25) is 9.89 Å². The summed E-state index contributed by atoms with van der Waals surface area (Å²) < 4.78 is 5.52. The van der Waals surface area contributed by atoms with Crippen LogP contribution >= 0.6 is 24.0 Å². The first kappa shape index (κ1) is 16.0. The predicted octanol–water partition coefficient (Wildman–Crippen LogP) is 0.606. The molecule has 2 aliphatic heterocycles. The smallest absolute Gasteiger partial charge is 0.193 e. The van der Waals surface area contributed by atoms with Crippen molar-refractivity contribution in [1.29, 1.82) is 0 Å². The van der Waals surface area contributed by atoms with E-state index >= 15 is 0 Å². The third-order valence-corrected chi connectivity index (χ3v) is 3.54. The molecule has 0 aromatic carbocycles. The molecule has 0 spiro atoms. The maximum absolute atomic E-state index is 5.52. The molecule has 2 heterocycles. The van der Waals surface area contributed by atoms with Crippen LogP contribution in [0.3, 0.4) is 0 Å². The van der Waals surface area contributed by atoms with Gasteiger partial charge in [0.25, 0.3) is 0 Å². The standard InChI is InChI=1S/C12H24N4O.HI/c1-12(2)10-17-9-8-16(12)7-5-14-11-13-4-6-15(11)3;/h4-10H2,1-3H3,(H,13,14);1H. The average molecular weight is 368 g/mol. The van der Waals surface area contributed by atoms with Crippen molar-refractivity contribution in [3.05, 3.63) is 0 Å². The number of ether oxygens (including phenoxy) is 1. The lowest BCUT2D eigenvalue weighted by Gasteiger charge is -2.42. The van der Waals surface area contributed by atoms with E-state index in [0.29, 0.717) is 0 Å². The fourth-order valence-corrected chi connectivity index (χ4v) is 2.33. The number of hydrogen-bond acceptors (Lipinski definition) is 5. The van der Waals surface area contributed by atoms with E-state index in [0.717, 1.165) is 51.9 Å². The highest BCUT2D eigenvalue weighted by Crippen LogP contribution is 2.17. The van der Waals surface area contributed by atoms with Crippen LogP contribution in [0, 0.1) is 0 Å². The number of guanidine groups is 1. The van der Waals surface area contributed by atoms with Crippen LogP contribution in [0.15, 0.2) is 4.99 Å². The van der Waals surface area contributed by atoms with E-state index in [1.807, 2.05) is 0 Å². The first-order valence-corrected chi connectivity index (χ1v) is 6.42. The molecule has 18 heavy (non-hydrogen) atoms. The van der Waals surface area contributed by atoms with E-state index in [4.69, 9.17) is 4.74 Å². The van der Waals surface area contributed by atoms with E-state index in [1.165, 1.54) is 0 Å². The highest BCUT2D eigenvalue weighted by Gasteiger charge is 2.29. The lowest BCUT2D eigenvalue weighted by Crippen LogP contribution is -2.55. The molecule has 0 amide bonds. The van der Waals surface area contributed by atoms with Gasteiger partial charge in [-0.05, 0) is 13.8 Å². The fraction of sp³-hybridized carbons (Fsp3) is 0.917. The van der Waals surface area contributed by atoms with Gasteiger partial charge in [-0.2, -0.15) is 0 Å². The van der Waals surface area contributed by atoms with E-state index in [1.54, 1.807) is 0 Å². The highest BCUT2D eigenvalue weighted by atomic mass is 127. The largest absolute Gasteiger partial charge is 0.378 e. The third kappa shape index (κ3) is 3.96. The predicted molar refractivity (Wildman–Crippen MR) is 84.8 cm³/mol. The topological polar surface area (TPSA) is 40.1 Å². The van der Waals surface area contributed by atoms with E-state index in [9.17, 15) is 0 Å². The minimum absolute atomic E-state index is 0. The molecule has 0 atom stereocenters. The van der Waals surface area contributed by atoms with Crippen LogP contribution in [0.4, 0.5) is 0 Å². The van der Waals surface area contributed by atoms with Crippen molar-refractivity contribution in [3.8, 4) is 0 Å². The zero-order valence-corrected chi connectivity index (χ0v) is 13.9. The van der Waals surface area contributed by atoms with Crippen LogP contribution in [-0.2, 0) is 4.74 Å². The molecule has 106 valence electrons. The van der Waals surface area contributed by atoms with Crippen molar-refractivity contribution in [2.75, 3.05) is 53.0 Å². The Labute approximate surface area is 127 Å². The summed E-state index contributed by atoms with van der Waals surface area (Å²) in [6.07, 6.45) is 0. The Morgan fingerprint density at radius 3 is 2.78 bits per heavy atom. The van der Waals surface area contributed by atoms with Gasteiger partial charge < -0.3 is 15.0 Å². The highest BCUT2D eigenvalue weighted by molar-refractivity contribution is 14.0. The second-order valence-electron chi connectivity index (χ2n) is 5.41. The van der Waals surface area contributed by atoms with Gasteiger partial charge in [0.15, 0.2) is 5.96 Å². The van der Waals surface area contributed by atoms with Gasteiger partial charge in [-0.1, -0.05) is 0 Å². The molecule has 6 heteroatoms. The summed E-state index contributed by atoms with van der Waals surface area (Å²) in [6.45, 7) is 11.1. The second-order valence-corrected chi connectivity index (χ2v) is 5.41. The Kier molecular flexibility index (Phi) is 6.13. The first-order chi connectivity index (χ1) is 8.09. The Morgan fingerprint density at radius 1 is 1.39 bits per heavy atom. The number of aliphatic imine (C=N–C) groups is 1. The second kappa shape index (κ2) is 6.91. The lowest BCUT2D eigenvalue weighted by molar-refractivity contribution is -0.0496. The Hall–Kier alpha value is -0.0800. The summed E-state index contributed by atoms with van der Waals surface area (Å²) in [6, 6.07) is 0. The molecule has 2 aliphatic rings. The van der Waals surface area contributed by atoms with Crippen LogP contribution < -0.4 is 5.32 Å². The minimum Gasteiger partial charge on any atom is -0.378 e. The summed E-state index contributed by atoms with van der Waals surface area (Å²) in [5.41, 5.74) is 0.156. The quantitative estimate of drug-likeness (QED) is 0.741. The molecule has 0 bridgehead atoms. The molecule has 0 aliphatic carbocycles. The number of nitrogens with one attached hydrogen (secondary N) is 1. The van der Waals surface area contributed by atoms with E-state index in [-0.39, 0.29) is 29.5 Å². The summed E-state index contributed by atoms with van der Waals surface area (Å²) >= 11 is 0. The number of nitrogens with zero attached hydrogens (tertiary/aromatic N) is 3. The molecule has 2 rings (SSSR count). The molecule has 0 aromatic heterocycles. The Morgan fingerprint density at radius 2 is 2.17 bits per heavy atom. The number of morpholine rings is 1. The van der Waals surface area contributed by atoms with E-state index in [2.05, 4.69) is 41.0 Å². The monoisotopic (exact) mass is 368 g/mol. The zero-order valence-electron chi connectivity index (χ0n) is 11.6. The molecule has 0 radical (unpaired) electrons. The zero-order chi connectivity index (χ0) is 12.3. The molecule has 1 N–H and O–H groups in total. The minimum atomic E-state index is 0. The van der Waals surface area contributed by atoms with Gasteiger partial charge in [0.2, 0.25) is 0 Å². The average Bonchev–Trinajstić information content (AvgIpc) is 2.67. The van der Waals surface area contributed by atoms with Crippen LogP contribution in [0.2, 0.25) is 0 Å². The van der Waals surface area contributed by atoms with Gasteiger partial charge in [0, 0.05) is 38.8 Å². The van der Waals surface area contributed by atoms with Gasteiger partial charge in [0.05, 0.1) is 19.8 Å². The van der Waals surface area contributed by atoms with Gasteiger partial charge in [-0.15, -0.1) is 24.0 Å². The number of likely N-dealkylation sites (N-methyl/N-ethyl adjacent to an activating group) is 1. The van der Waals surface area contributed by atoms with Crippen LogP contribution in [0.1, 0.15) is 13.8 Å². The maximum atomic E-state index is 5.52. The Bertz CT molecular complexity index is 296. The number of halogens is 1. The number of hydrogen-bond donors (Lipinski definition) is 1. The Balaban J connectivity index is 0.00000162.